The average Bonchev–Trinajstić information content (AvgIpc) is 2.16. The second kappa shape index (κ2) is 4.34. The Bertz CT molecular complexity index is 470. The SMILES string of the molecule is CC(=O)Oc1ccc([N+](=O)[O-])cc1[N+](=O)[O-]. The van der Waals surface area contributed by atoms with E-state index in [1.807, 2.05) is 0 Å². The summed E-state index contributed by atoms with van der Waals surface area (Å²) in [5.74, 6) is -1.06. The van der Waals surface area contributed by atoms with E-state index >= 15 is 0 Å². The number of rotatable bonds is 3. The van der Waals surface area contributed by atoms with Crippen LogP contribution in [-0.2, 0) is 4.79 Å². The molecule has 8 heteroatoms. The second-order valence-corrected chi connectivity index (χ2v) is 2.76. The lowest BCUT2D eigenvalue weighted by molar-refractivity contribution is -0.394. The Morgan fingerprint density at radius 1 is 1.25 bits per heavy atom. The summed E-state index contributed by atoms with van der Waals surface area (Å²) >= 11 is 0. The number of hydrogen-bond acceptors (Lipinski definition) is 6. The Labute approximate surface area is 88.7 Å². The maximum absolute atomic E-state index is 10.6. The third kappa shape index (κ3) is 2.50. The lowest BCUT2D eigenvalue weighted by atomic mass is 10.2. The molecule has 0 radical (unpaired) electrons. The molecule has 1 rings (SSSR count). The fourth-order valence-corrected chi connectivity index (χ4v) is 1.00. The fraction of sp³-hybridized carbons (Fsp3) is 0.125. The molecule has 8 nitrogen and oxygen atoms in total. The first kappa shape index (κ1) is 11.6. The molecule has 84 valence electrons. The number of non-ortho nitro benzene ring substituents is 1. The van der Waals surface area contributed by atoms with Crippen molar-refractivity contribution in [3.8, 4) is 5.75 Å². The molecule has 0 saturated heterocycles. The number of ether oxygens (including phenoxy) is 1. The van der Waals surface area contributed by atoms with Crippen molar-refractivity contribution < 1.29 is 19.4 Å². The second-order valence-electron chi connectivity index (χ2n) is 2.76. The van der Waals surface area contributed by atoms with Gasteiger partial charge in [0, 0.05) is 13.0 Å². The molecular formula is C8H6N2O6. The molecule has 0 bridgehead atoms. The number of nitro benzene ring substituents is 2. The van der Waals surface area contributed by atoms with E-state index in [1.165, 1.54) is 0 Å². The first-order valence-electron chi connectivity index (χ1n) is 4.03. The molecule has 1 aromatic carbocycles. The van der Waals surface area contributed by atoms with Gasteiger partial charge in [0.05, 0.1) is 15.9 Å². The highest BCUT2D eigenvalue weighted by Crippen LogP contribution is 2.30. The summed E-state index contributed by atoms with van der Waals surface area (Å²) in [6.45, 7) is 1.07. The molecule has 1 aromatic rings. The van der Waals surface area contributed by atoms with Crippen LogP contribution in [0.4, 0.5) is 11.4 Å². The van der Waals surface area contributed by atoms with Gasteiger partial charge in [-0.05, 0) is 6.07 Å². The Morgan fingerprint density at radius 2 is 1.88 bits per heavy atom. The summed E-state index contributed by atoms with van der Waals surface area (Å²) < 4.78 is 4.54. The van der Waals surface area contributed by atoms with Crippen LogP contribution >= 0.6 is 0 Å². The molecule has 0 aliphatic heterocycles. The monoisotopic (exact) mass is 226 g/mol. The molecule has 16 heavy (non-hydrogen) atoms. The van der Waals surface area contributed by atoms with Gasteiger partial charge in [0.1, 0.15) is 0 Å². The van der Waals surface area contributed by atoms with Crippen LogP contribution in [0.15, 0.2) is 18.2 Å². The summed E-state index contributed by atoms with van der Waals surface area (Å²) in [4.78, 5) is 30.0. The minimum Gasteiger partial charge on any atom is -0.419 e. The lowest BCUT2D eigenvalue weighted by Crippen LogP contribution is -2.04. The largest absolute Gasteiger partial charge is 0.419 e. The highest BCUT2D eigenvalue weighted by Gasteiger charge is 2.21. The molecule has 0 atom stereocenters. The fourth-order valence-electron chi connectivity index (χ4n) is 1.00. The van der Waals surface area contributed by atoms with Gasteiger partial charge in [0.2, 0.25) is 5.75 Å². The number of esters is 1. The van der Waals surface area contributed by atoms with Crippen LogP contribution in [0.3, 0.4) is 0 Å². The number of nitro groups is 2. The number of benzene rings is 1. The molecule has 0 heterocycles. The van der Waals surface area contributed by atoms with Gasteiger partial charge in [-0.3, -0.25) is 25.0 Å². The van der Waals surface area contributed by atoms with Crippen LogP contribution in [0.5, 0.6) is 5.75 Å². The zero-order valence-electron chi connectivity index (χ0n) is 8.08. The number of carbonyl (C=O) groups is 1. The van der Waals surface area contributed by atoms with Crippen LogP contribution in [0.1, 0.15) is 6.92 Å². The minimum atomic E-state index is -0.856. The van der Waals surface area contributed by atoms with Crippen molar-refractivity contribution in [2.75, 3.05) is 0 Å². The van der Waals surface area contributed by atoms with Crippen LogP contribution < -0.4 is 4.74 Å². The van der Waals surface area contributed by atoms with Gasteiger partial charge in [-0.1, -0.05) is 0 Å². The lowest BCUT2D eigenvalue weighted by Gasteiger charge is -2.01. The highest BCUT2D eigenvalue weighted by molar-refractivity contribution is 5.71. The molecule has 0 saturated carbocycles. The van der Waals surface area contributed by atoms with Crippen LogP contribution in [-0.4, -0.2) is 15.8 Å². The maximum atomic E-state index is 10.6. The van der Waals surface area contributed by atoms with E-state index in [2.05, 4.69) is 4.74 Å². The first-order chi connectivity index (χ1) is 7.41. The predicted octanol–water partition coefficient (Wildman–Crippen LogP) is 1.43. The summed E-state index contributed by atoms with van der Waals surface area (Å²) in [6, 6.07) is 2.77. The van der Waals surface area contributed by atoms with Crippen molar-refractivity contribution in [2.24, 2.45) is 0 Å². The normalized spacial score (nSPS) is 9.56. The number of carbonyl (C=O) groups excluding carboxylic acids is 1. The van der Waals surface area contributed by atoms with Crippen molar-refractivity contribution in [3.63, 3.8) is 0 Å². The molecule has 0 aliphatic rings. The van der Waals surface area contributed by atoms with E-state index in [9.17, 15) is 25.0 Å². The van der Waals surface area contributed by atoms with Gasteiger partial charge in [-0.25, -0.2) is 0 Å². The predicted molar refractivity (Wildman–Crippen MR) is 51.1 cm³/mol. The third-order valence-electron chi connectivity index (χ3n) is 1.60. The molecular weight excluding hydrogens is 220 g/mol. The van der Waals surface area contributed by atoms with Crippen molar-refractivity contribution in [1.82, 2.24) is 0 Å². The molecule has 0 unspecified atom stereocenters. The summed E-state index contributed by atoms with van der Waals surface area (Å²) in [5, 5.41) is 21.0. The van der Waals surface area contributed by atoms with Gasteiger partial charge >= 0.3 is 11.7 Å². The molecule has 0 spiro atoms. The van der Waals surface area contributed by atoms with Crippen molar-refractivity contribution >= 4 is 17.3 Å². The summed E-state index contributed by atoms with van der Waals surface area (Å²) in [5.41, 5.74) is -1.06. The van der Waals surface area contributed by atoms with Crippen molar-refractivity contribution in [2.45, 2.75) is 6.92 Å². The number of hydrogen-bond donors (Lipinski definition) is 0. The van der Waals surface area contributed by atoms with Gasteiger partial charge < -0.3 is 4.74 Å². The van der Waals surface area contributed by atoms with Crippen LogP contribution in [0.25, 0.3) is 0 Å². The van der Waals surface area contributed by atoms with E-state index in [4.69, 9.17) is 0 Å². The Balaban J connectivity index is 3.24. The summed E-state index contributed by atoms with van der Waals surface area (Å²) in [6.07, 6.45) is 0. The highest BCUT2D eigenvalue weighted by atomic mass is 16.6. The van der Waals surface area contributed by atoms with Crippen molar-refractivity contribution in [1.29, 1.82) is 0 Å². The standard InChI is InChI=1S/C8H6N2O6/c1-5(11)16-8-3-2-6(9(12)13)4-7(8)10(14)15/h2-4H,1H3. The van der Waals surface area contributed by atoms with E-state index < -0.39 is 27.2 Å². The average molecular weight is 226 g/mol. The zero-order chi connectivity index (χ0) is 12.3. The molecule has 0 aliphatic carbocycles. The van der Waals surface area contributed by atoms with Crippen LogP contribution in [0.2, 0.25) is 0 Å². The molecule has 0 aromatic heterocycles. The first-order valence-corrected chi connectivity index (χ1v) is 4.03. The van der Waals surface area contributed by atoms with Gasteiger partial charge in [0.25, 0.3) is 5.69 Å². The van der Waals surface area contributed by atoms with Crippen LogP contribution in [0, 0.1) is 20.2 Å². The van der Waals surface area contributed by atoms with Gasteiger partial charge in [0.15, 0.2) is 0 Å². The van der Waals surface area contributed by atoms with Gasteiger partial charge in [-0.2, -0.15) is 0 Å². The Morgan fingerprint density at radius 3 is 2.31 bits per heavy atom. The molecule has 0 fully saturated rings. The van der Waals surface area contributed by atoms with E-state index in [1.54, 1.807) is 0 Å². The zero-order valence-corrected chi connectivity index (χ0v) is 8.08. The van der Waals surface area contributed by atoms with Crippen molar-refractivity contribution in [3.05, 3.63) is 38.4 Å². The Hall–Kier alpha value is -2.51. The molecule has 0 amide bonds. The number of nitrogens with zero attached hydrogens (tertiary/aromatic N) is 2. The Kier molecular flexibility index (Phi) is 3.14. The quantitative estimate of drug-likeness (QED) is 0.333. The van der Waals surface area contributed by atoms with Gasteiger partial charge in [-0.15, -0.1) is 0 Å². The molecule has 0 N–H and O–H groups in total. The minimum absolute atomic E-state index is 0.317. The van der Waals surface area contributed by atoms with E-state index in [0.717, 1.165) is 25.1 Å². The maximum Gasteiger partial charge on any atom is 0.318 e. The topological polar surface area (TPSA) is 113 Å². The smallest absolute Gasteiger partial charge is 0.318 e. The van der Waals surface area contributed by atoms with E-state index in [0.29, 0.717) is 0 Å². The van der Waals surface area contributed by atoms with E-state index in [-0.39, 0.29) is 5.75 Å². The summed E-state index contributed by atoms with van der Waals surface area (Å²) in [7, 11) is 0. The third-order valence-corrected chi connectivity index (χ3v) is 1.60.